The maximum Gasteiger partial charge on any atom is 0.128 e. The van der Waals surface area contributed by atoms with Crippen LogP contribution in [0.25, 0.3) is 0 Å². The van der Waals surface area contributed by atoms with Crippen LogP contribution < -0.4 is 10.2 Å². The Labute approximate surface area is 131 Å². The molecular weight excluding hydrogens is 278 g/mol. The van der Waals surface area contributed by atoms with Gasteiger partial charge in [-0.3, -0.25) is 0 Å². The van der Waals surface area contributed by atoms with E-state index in [1.54, 1.807) is 0 Å². The highest BCUT2D eigenvalue weighted by Gasteiger charge is 2.21. The average Bonchev–Trinajstić information content (AvgIpc) is 3.03. The van der Waals surface area contributed by atoms with E-state index in [1.165, 1.54) is 23.3 Å². The summed E-state index contributed by atoms with van der Waals surface area (Å²) in [5.74, 6) is 1.12. The second kappa shape index (κ2) is 6.58. The van der Waals surface area contributed by atoms with Crippen molar-refractivity contribution in [1.29, 1.82) is 0 Å². The van der Waals surface area contributed by atoms with E-state index in [0.29, 0.717) is 12.1 Å². The molecule has 0 unspecified atom stereocenters. The molecule has 21 heavy (non-hydrogen) atoms. The van der Waals surface area contributed by atoms with Gasteiger partial charge in [0.25, 0.3) is 0 Å². The zero-order valence-electron chi connectivity index (χ0n) is 12.7. The van der Waals surface area contributed by atoms with Crippen LogP contribution in [0.2, 0.25) is 0 Å². The molecule has 0 bridgehead atoms. The quantitative estimate of drug-likeness (QED) is 0.931. The summed E-state index contributed by atoms with van der Waals surface area (Å²) in [5.41, 5.74) is 1.22. The highest BCUT2D eigenvalue weighted by molar-refractivity contribution is 7.10. The van der Waals surface area contributed by atoms with E-state index in [9.17, 15) is 0 Å². The monoisotopic (exact) mass is 301 g/mol. The standard InChI is InChI=1S/C17H23N3S/c1-13-5-6-17(18-12-13)20-9-7-15(8-10-20)19-14(2)16-4-3-11-21-16/h3-6,11-12,14-15,19H,7-10H2,1-2H3/t14-/m0/s1. The molecular formula is C17H23N3S. The lowest BCUT2D eigenvalue weighted by atomic mass is 10.0. The molecule has 2 aromatic rings. The van der Waals surface area contributed by atoms with E-state index in [1.807, 2.05) is 17.5 Å². The smallest absolute Gasteiger partial charge is 0.128 e. The predicted octanol–water partition coefficient (Wildman–Crippen LogP) is 3.77. The van der Waals surface area contributed by atoms with Gasteiger partial charge in [-0.25, -0.2) is 4.98 Å². The first kappa shape index (κ1) is 14.5. The Morgan fingerprint density at radius 3 is 2.71 bits per heavy atom. The molecule has 1 aliphatic rings. The van der Waals surface area contributed by atoms with Gasteiger partial charge in [-0.05, 0) is 49.8 Å². The third-order valence-electron chi connectivity index (χ3n) is 4.17. The molecule has 1 fully saturated rings. The summed E-state index contributed by atoms with van der Waals surface area (Å²) in [4.78, 5) is 8.36. The van der Waals surface area contributed by atoms with Crippen molar-refractivity contribution in [3.8, 4) is 0 Å². The number of nitrogens with one attached hydrogen (secondary N) is 1. The fourth-order valence-electron chi connectivity index (χ4n) is 2.90. The molecule has 4 heteroatoms. The minimum Gasteiger partial charge on any atom is -0.357 e. The van der Waals surface area contributed by atoms with Crippen LogP contribution in [0.1, 0.15) is 36.2 Å². The summed E-state index contributed by atoms with van der Waals surface area (Å²) >= 11 is 1.84. The second-order valence-corrected chi connectivity index (χ2v) is 6.84. The maximum atomic E-state index is 4.54. The lowest BCUT2D eigenvalue weighted by Gasteiger charge is -2.34. The Bertz CT molecular complexity index is 542. The number of pyridine rings is 1. The lowest BCUT2D eigenvalue weighted by molar-refractivity contribution is 0.382. The topological polar surface area (TPSA) is 28.2 Å². The van der Waals surface area contributed by atoms with Crippen LogP contribution in [-0.2, 0) is 0 Å². The Morgan fingerprint density at radius 2 is 2.10 bits per heavy atom. The Kier molecular flexibility index (Phi) is 4.56. The maximum absolute atomic E-state index is 4.54. The number of aryl methyl sites for hydroxylation is 1. The number of anilines is 1. The summed E-state index contributed by atoms with van der Waals surface area (Å²) in [5, 5.41) is 5.92. The molecule has 112 valence electrons. The van der Waals surface area contributed by atoms with Gasteiger partial charge in [0.2, 0.25) is 0 Å². The van der Waals surface area contributed by atoms with Gasteiger partial charge >= 0.3 is 0 Å². The van der Waals surface area contributed by atoms with Crippen LogP contribution in [0.3, 0.4) is 0 Å². The molecule has 0 aliphatic carbocycles. The average molecular weight is 301 g/mol. The van der Waals surface area contributed by atoms with E-state index >= 15 is 0 Å². The van der Waals surface area contributed by atoms with Crippen molar-refractivity contribution in [1.82, 2.24) is 10.3 Å². The summed E-state index contributed by atoms with van der Waals surface area (Å²) in [7, 11) is 0. The second-order valence-electron chi connectivity index (χ2n) is 5.86. The van der Waals surface area contributed by atoms with Crippen molar-refractivity contribution in [2.45, 2.75) is 38.8 Å². The zero-order valence-corrected chi connectivity index (χ0v) is 13.6. The normalized spacial score (nSPS) is 17.9. The molecule has 0 saturated carbocycles. The SMILES string of the molecule is Cc1ccc(N2CCC(N[C@@H](C)c3cccs3)CC2)nc1. The van der Waals surface area contributed by atoms with Gasteiger partial charge in [-0.1, -0.05) is 12.1 Å². The summed E-state index contributed by atoms with van der Waals surface area (Å²) < 4.78 is 0. The first-order chi connectivity index (χ1) is 10.2. The molecule has 0 radical (unpaired) electrons. The van der Waals surface area contributed by atoms with Crippen molar-refractivity contribution >= 4 is 17.2 Å². The number of piperidine rings is 1. The molecule has 0 amide bonds. The van der Waals surface area contributed by atoms with E-state index < -0.39 is 0 Å². The molecule has 1 N–H and O–H groups in total. The summed E-state index contributed by atoms with van der Waals surface area (Å²) in [6, 6.07) is 9.70. The number of hydrogen-bond acceptors (Lipinski definition) is 4. The van der Waals surface area contributed by atoms with Crippen LogP contribution in [-0.4, -0.2) is 24.1 Å². The van der Waals surface area contributed by atoms with Crippen LogP contribution in [0.5, 0.6) is 0 Å². The molecule has 0 aromatic carbocycles. The van der Waals surface area contributed by atoms with Crippen molar-refractivity contribution in [3.05, 3.63) is 46.3 Å². The number of rotatable bonds is 4. The molecule has 1 saturated heterocycles. The highest BCUT2D eigenvalue weighted by Crippen LogP contribution is 2.22. The first-order valence-electron chi connectivity index (χ1n) is 7.69. The summed E-state index contributed by atoms with van der Waals surface area (Å²) in [6.07, 6.45) is 4.33. The van der Waals surface area contributed by atoms with E-state index in [0.717, 1.165) is 18.9 Å². The van der Waals surface area contributed by atoms with Gasteiger partial charge in [0, 0.05) is 36.2 Å². The minimum absolute atomic E-state index is 0.457. The van der Waals surface area contributed by atoms with Gasteiger partial charge in [-0.2, -0.15) is 0 Å². The number of thiophene rings is 1. The number of nitrogens with zero attached hydrogens (tertiary/aromatic N) is 2. The molecule has 3 heterocycles. The fourth-order valence-corrected chi connectivity index (χ4v) is 3.64. The number of hydrogen-bond donors (Lipinski definition) is 1. The van der Waals surface area contributed by atoms with Crippen LogP contribution >= 0.6 is 11.3 Å². The summed E-state index contributed by atoms with van der Waals surface area (Å²) in [6.45, 7) is 6.52. The Hall–Kier alpha value is -1.39. The zero-order chi connectivity index (χ0) is 14.7. The predicted molar refractivity (Wildman–Crippen MR) is 90.1 cm³/mol. The molecule has 3 rings (SSSR count). The third kappa shape index (κ3) is 3.63. The van der Waals surface area contributed by atoms with Gasteiger partial charge < -0.3 is 10.2 Å². The van der Waals surface area contributed by atoms with Gasteiger partial charge in [0.05, 0.1) is 0 Å². The Morgan fingerprint density at radius 1 is 1.29 bits per heavy atom. The van der Waals surface area contributed by atoms with Crippen molar-refractivity contribution in [2.24, 2.45) is 0 Å². The first-order valence-corrected chi connectivity index (χ1v) is 8.57. The third-order valence-corrected chi connectivity index (χ3v) is 5.23. The Balaban J connectivity index is 1.52. The molecule has 0 spiro atoms. The van der Waals surface area contributed by atoms with Crippen molar-refractivity contribution in [3.63, 3.8) is 0 Å². The molecule has 1 atom stereocenters. The molecule has 1 aliphatic heterocycles. The van der Waals surface area contributed by atoms with Crippen LogP contribution in [0, 0.1) is 6.92 Å². The largest absolute Gasteiger partial charge is 0.357 e. The van der Waals surface area contributed by atoms with E-state index in [4.69, 9.17) is 0 Å². The van der Waals surface area contributed by atoms with Crippen LogP contribution in [0.15, 0.2) is 35.8 Å². The molecule has 2 aromatic heterocycles. The van der Waals surface area contributed by atoms with Crippen molar-refractivity contribution < 1.29 is 0 Å². The van der Waals surface area contributed by atoms with Gasteiger partial charge in [0.1, 0.15) is 5.82 Å². The van der Waals surface area contributed by atoms with Gasteiger partial charge in [-0.15, -0.1) is 11.3 Å². The molecule has 3 nitrogen and oxygen atoms in total. The van der Waals surface area contributed by atoms with E-state index in [2.05, 4.69) is 58.7 Å². The highest BCUT2D eigenvalue weighted by atomic mass is 32.1. The number of aromatic nitrogens is 1. The van der Waals surface area contributed by atoms with Gasteiger partial charge in [0.15, 0.2) is 0 Å². The van der Waals surface area contributed by atoms with Crippen LogP contribution in [0.4, 0.5) is 5.82 Å². The minimum atomic E-state index is 0.457. The van der Waals surface area contributed by atoms with E-state index in [-0.39, 0.29) is 0 Å². The lowest BCUT2D eigenvalue weighted by Crippen LogP contribution is -2.43. The fraction of sp³-hybridized carbons (Fsp3) is 0.471. The van der Waals surface area contributed by atoms with Crippen molar-refractivity contribution in [2.75, 3.05) is 18.0 Å².